The van der Waals surface area contributed by atoms with E-state index in [0.717, 1.165) is 40.1 Å². The van der Waals surface area contributed by atoms with Gasteiger partial charge in [0, 0.05) is 30.6 Å². The Morgan fingerprint density at radius 3 is 2.41 bits per heavy atom. The number of amides is 2. The van der Waals surface area contributed by atoms with Gasteiger partial charge in [0.15, 0.2) is 0 Å². The van der Waals surface area contributed by atoms with E-state index < -0.39 is 48.0 Å². The molecular weight excluding hydrogens is 492 g/mol. The number of halogens is 4. The maximum Gasteiger partial charge on any atom is 0.290 e. The molecule has 2 heterocycles. The zero-order valence-corrected chi connectivity index (χ0v) is 20.2. The highest BCUT2D eigenvalue weighted by Gasteiger charge is 2.38. The average molecular weight is 516 g/mol. The van der Waals surface area contributed by atoms with Gasteiger partial charge < -0.3 is 9.80 Å². The average Bonchev–Trinajstić information content (AvgIpc) is 2.86. The molecule has 3 aromatic rings. The minimum absolute atomic E-state index is 0.0620. The lowest BCUT2D eigenvalue weighted by Gasteiger charge is -2.36. The summed E-state index contributed by atoms with van der Waals surface area (Å²) in [5.41, 5.74) is 1.32. The summed E-state index contributed by atoms with van der Waals surface area (Å²) in [5.74, 6) is -6.29. The number of benzene rings is 2. The molecule has 2 aromatic carbocycles. The first-order valence-electron chi connectivity index (χ1n) is 11.5. The lowest BCUT2D eigenvalue weighted by Crippen LogP contribution is -2.54. The van der Waals surface area contributed by atoms with Crippen molar-refractivity contribution in [3.63, 3.8) is 0 Å². The van der Waals surface area contributed by atoms with Crippen molar-refractivity contribution in [1.29, 1.82) is 0 Å². The Labute approximate surface area is 209 Å². The molecule has 0 spiro atoms. The second-order valence-electron chi connectivity index (χ2n) is 8.99. The van der Waals surface area contributed by atoms with E-state index in [4.69, 9.17) is 0 Å². The van der Waals surface area contributed by atoms with Crippen LogP contribution in [-0.2, 0) is 17.1 Å². The molecule has 1 saturated heterocycles. The predicted octanol–water partition coefficient (Wildman–Crippen LogP) is 3.33. The molecule has 0 saturated carbocycles. The van der Waals surface area contributed by atoms with Gasteiger partial charge in [-0.15, -0.1) is 0 Å². The van der Waals surface area contributed by atoms with Gasteiger partial charge in [-0.1, -0.05) is 18.2 Å². The monoisotopic (exact) mass is 516 g/mol. The molecule has 1 aliphatic rings. The number of aromatic amines is 1. The summed E-state index contributed by atoms with van der Waals surface area (Å²) in [6.07, 6.45) is 0.231. The number of nitrogens with zero attached hydrogens (tertiary/aromatic N) is 3. The number of aromatic nitrogens is 2. The molecule has 194 valence electrons. The molecule has 0 atom stereocenters. The van der Waals surface area contributed by atoms with Gasteiger partial charge in [0.05, 0.1) is 17.8 Å². The van der Waals surface area contributed by atoms with Gasteiger partial charge in [-0.3, -0.25) is 14.4 Å². The van der Waals surface area contributed by atoms with Crippen LogP contribution in [0.4, 0.5) is 17.6 Å². The van der Waals surface area contributed by atoms with Crippen molar-refractivity contribution in [1.82, 2.24) is 20.0 Å². The van der Waals surface area contributed by atoms with Crippen LogP contribution in [-0.4, -0.2) is 58.0 Å². The minimum atomic E-state index is -3.41. The molecule has 37 heavy (non-hydrogen) atoms. The quantitative estimate of drug-likeness (QED) is 0.510. The van der Waals surface area contributed by atoms with Crippen LogP contribution in [0, 0.1) is 25.5 Å². The van der Waals surface area contributed by atoms with E-state index in [1.54, 1.807) is 13.8 Å². The van der Waals surface area contributed by atoms with Crippen LogP contribution in [0.3, 0.4) is 0 Å². The minimum Gasteiger partial charge on any atom is -0.333 e. The van der Waals surface area contributed by atoms with E-state index in [-0.39, 0.29) is 30.6 Å². The number of H-pyrrole nitrogens is 1. The van der Waals surface area contributed by atoms with Crippen molar-refractivity contribution in [3.8, 4) is 0 Å². The predicted molar refractivity (Wildman–Crippen MR) is 126 cm³/mol. The Morgan fingerprint density at radius 2 is 1.73 bits per heavy atom. The lowest BCUT2D eigenvalue weighted by molar-refractivity contribution is -0.141. The number of nitrogens with one attached hydrogen (secondary N) is 1. The third-order valence-electron chi connectivity index (χ3n) is 6.52. The molecule has 0 unspecified atom stereocenters. The highest BCUT2D eigenvalue weighted by Crippen LogP contribution is 2.30. The third-order valence-corrected chi connectivity index (χ3v) is 6.52. The normalized spacial score (nSPS) is 14.3. The first-order valence-corrected chi connectivity index (χ1v) is 11.5. The molecule has 0 radical (unpaired) electrons. The zero-order valence-electron chi connectivity index (χ0n) is 20.2. The Hall–Kier alpha value is -4.02. The van der Waals surface area contributed by atoms with Crippen LogP contribution >= 0.6 is 0 Å². The number of hydrogen-bond donors (Lipinski definition) is 1. The molecule has 1 N–H and O–H groups in total. The molecule has 4 rings (SSSR count). The third kappa shape index (κ3) is 5.55. The van der Waals surface area contributed by atoms with Crippen LogP contribution in [0.15, 0.2) is 47.3 Å². The van der Waals surface area contributed by atoms with Crippen molar-refractivity contribution < 1.29 is 27.2 Å². The summed E-state index contributed by atoms with van der Waals surface area (Å²) in [6.45, 7) is 1.77. The number of rotatable bonds is 6. The lowest BCUT2D eigenvalue weighted by atomic mass is 10.0. The van der Waals surface area contributed by atoms with Gasteiger partial charge in [0.1, 0.15) is 18.2 Å². The highest BCUT2D eigenvalue weighted by molar-refractivity contribution is 5.97. The fourth-order valence-corrected chi connectivity index (χ4v) is 4.13. The van der Waals surface area contributed by atoms with Gasteiger partial charge in [0.2, 0.25) is 5.91 Å². The summed E-state index contributed by atoms with van der Waals surface area (Å²) in [5, 5.41) is 6.44. The smallest absolute Gasteiger partial charge is 0.290 e. The topological polar surface area (TPSA) is 86.4 Å². The summed E-state index contributed by atoms with van der Waals surface area (Å²) in [6, 6.07) is 7.74. The first-order chi connectivity index (χ1) is 17.5. The van der Waals surface area contributed by atoms with Gasteiger partial charge in [-0.05, 0) is 49.2 Å². The Balaban J connectivity index is 1.46. The van der Waals surface area contributed by atoms with Gasteiger partial charge >= 0.3 is 0 Å². The molecule has 1 aromatic heterocycles. The molecule has 2 amide bonds. The largest absolute Gasteiger partial charge is 0.333 e. The van der Waals surface area contributed by atoms with E-state index in [9.17, 15) is 31.9 Å². The van der Waals surface area contributed by atoms with E-state index in [2.05, 4.69) is 10.2 Å². The van der Waals surface area contributed by atoms with Crippen LogP contribution in [0.25, 0.3) is 0 Å². The van der Waals surface area contributed by atoms with Gasteiger partial charge in [0.25, 0.3) is 17.4 Å². The fourth-order valence-electron chi connectivity index (χ4n) is 4.13. The number of piperazine rings is 1. The molecule has 0 aliphatic carbocycles. The van der Waals surface area contributed by atoms with Crippen molar-refractivity contribution in [2.45, 2.75) is 26.2 Å². The molecule has 11 heteroatoms. The maximum absolute atomic E-state index is 14.6. The Kier molecular flexibility index (Phi) is 7.15. The SMILES string of the molecule is Cc1c(Cc2ccc(F)c(C(=O)N3CCN(CC(F)(F)c4ccc(F)cc4)C(=O)C3)c2)n[nH]c(=O)c1C. The van der Waals surface area contributed by atoms with Crippen molar-refractivity contribution in [2.75, 3.05) is 26.2 Å². The summed E-state index contributed by atoms with van der Waals surface area (Å²) in [7, 11) is 0. The van der Waals surface area contributed by atoms with Crippen LogP contribution in [0.5, 0.6) is 0 Å². The van der Waals surface area contributed by atoms with Crippen LogP contribution in [0.1, 0.15) is 38.3 Å². The summed E-state index contributed by atoms with van der Waals surface area (Å²) >= 11 is 0. The van der Waals surface area contributed by atoms with E-state index in [1.807, 2.05) is 0 Å². The summed E-state index contributed by atoms with van der Waals surface area (Å²) < 4.78 is 57.0. The van der Waals surface area contributed by atoms with E-state index >= 15 is 0 Å². The van der Waals surface area contributed by atoms with Crippen molar-refractivity contribution >= 4 is 11.8 Å². The van der Waals surface area contributed by atoms with Crippen molar-refractivity contribution in [2.24, 2.45) is 0 Å². The number of carbonyl (C=O) groups is 2. The maximum atomic E-state index is 14.6. The Bertz CT molecular complexity index is 1410. The van der Waals surface area contributed by atoms with Crippen molar-refractivity contribution in [3.05, 3.63) is 98.0 Å². The molecule has 7 nitrogen and oxygen atoms in total. The van der Waals surface area contributed by atoms with Gasteiger partial charge in [-0.25, -0.2) is 13.9 Å². The zero-order chi connectivity index (χ0) is 26.9. The van der Waals surface area contributed by atoms with E-state index in [1.165, 1.54) is 12.1 Å². The fraction of sp³-hybridized carbons (Fsp3) is 0.308. The molecule has 1 fully saturated rings. The standard InChI is InChI=1S/C26H24F4N4O3/c1-15-16(2)24(36)32-31-22(15)12-17-3-8-21(28)20(11-17)25(37)33-9-10-34(23(35)13-33)14-26(29,30)18-4-6-19(27)7-5-18/h3-8,11H,9-10,12-14H2,1-2H3,(H,32,36). The second-order valence-corrected chi connectivity index (χ2v) is 8.99. The highest BCUT2D eigenvalue weighted by atomic mass is 19.3. The summed E-state index contributed by atoms with van der Waals surface area (Å²) in [4.78, 5) is 39.4. The molecule has 0 bridgehead atoms. The Morgan fingerprint density at radius 1 is 1.03 bits per heavy atom. The number of carbonyl (C=O) groups excluding carboxylic acids is 2. The van der Waals surface area contributed by atoms with Gasteiger partial charge in [-0.2, -0.15) is 13.9 Å². The van der Waals surface area contributed by atoms with Crippen LogP contribution < -0.4 is 5.56 Å². The number of alkyl halides is 2. The molecular formula is C26H24F4N4O3. The molecule has 1 aliphatic heterocycles. The number of hydrogen-bond acceptors (Lipinski definition) is 4. The first kappa shape index (κ1) is 26.1. The second kappa shape index (κ2) is 10.2. The van der Waals surface area contributed by atoms with E-state index in [0.29, 0.717) is 22.4 Å². The van der Waals surface area contributed by atoms with Crippen LogP contribution in [0.2, 0.25) is 0 Å².